The second-order valence-corrected chi connectivity index (χ2v) is 14.2. The van der Waals surface area contributed by atoms with Gasteiger partial charge in [-0.3, -0.25) is 19.4 Å². The minimum atomic E-state index is -5.04. The summed E-state index contributed by atoms with van der Waals surface area (Å²) < 4.78 is 68.8. The molecule has 0 unspecified atom stereocenters. The van der Waals surface area contributed by atoms with E-state index in [1.54, 1.807) is 34.8 Å². The van der Waals surface area contributed by atoms with Crippen LogP contribution >= 0.6 is 0 Å². The number of aromatic nitrogens is 3. The fourth-order valence-electron chi connectivity index (χ4n) is 7.88. The number of phenols is 1. The first-order chi connectivity index (χ1) is 26.9. The van der Waals surface area contributed by atoms with Crippen LogP contribution in [-0.4, -0.2) is 79.7 Å². The zero-order valence-electron chi connectivity index (χ0n) is 30.6. The molecule has 10 nitrogen and oxygen atoms in total. The lowest BCUT2D eigenvalue weighted by atomic mass is 9.92. The molecule has 2 amide bonds. The molecule has 0 saturated carbocycles. The number of aromatic hydroxyl groups is 1. The average molecular weight is 767 g/mol. The van der Waals surface area contributed by atoms with Crippen molar-refractivity contribution in [1.29, 1.82) is 0 Å². The van der Waals surface area contributed by atoms with Crippen molar-refractivity contribution in [3.05, 3.63) is 131 Å². The van der Waals surface area contributed by atoms with E-state index in [2.05, 4.69) is 9.88 Å². The van der Waals surface area contributed by atoms with Gasteiger partial charge in [0.05, 0.1) is 30.7 Å². The van der Waals surface area contributed by atoms with Crippen LogP contribution < -0.4 is 4.90 Å². The Balaban J connectivity index is 1.24. The molecule has 8 rings (SSSR count). The summed E-state index contributed by atoms with van der Waals surface area (Å²) in [4.78, 5) is 38.9. The molecule has 2 aliphatic rings. The highest BCUT2D eigenvalue weighted by atomic mass is 19.4. The van der Waals surface area contributed by atoms with Crippen molar-refractivity contribution < 1.29 is 37.0 Å². The number of fused-ring (bicyclic) bond motifs is 2. The van der Waals surface area contributed by atoms with Crippen LogP contribution in [0.2, 0.25) is 0 Å². The maximum absolute atomic E-state index is 15.2. The minimum Gasteiger partial charge on any atom is -0.508 e. The van der Waals surface area contributed by atoms with Gasteiger partial charge in [-0.25, -0.2) is 9.37 Å². The first kappa shape index (κ1) is 37.0. The molecule has 3 aromatic carbocycles. The molecule has 56 heavy (non-hydrogen) atoms. The average Bonchev–Trinajstić information content (AvgIpc) is 3.74. The van der Waals surface area contributed by atoms with Gasteiger partial charge in [-0.1, -0.05) is 24.3 Å². The lowest BCUT2D eigenvalue weighted by Gasteiger charge is -2.40. The molecular formula is C42H38F4N6O4. The highest BCUT2D eigenvalue weighted by Gasteiger charge is 2.42. The molecule has 0 spiro atoms. The van der Waals surface area contributed by atoms with Crippen molar-refractivity contribution in [2.45, 2.75) is 25.2 Å². The monoisotopic (exact) mass is 766 g/mol. The van der Waals surface area contributed by atoms with Crippen molar-refractivity contribution in [2.75, 3.05) is 37.7 Å². The molecule has 0 radical (unpaired) electrons. The number of carbonyl (C=O) groups excluding carboxylic acids is 2. The Morgan fingerprint density at radius 3 is 2.38 bits per heavy atom. The Morgan fingerprint density at radius 2 is 1.64 bits per heavy atom. The third-order valence-electron chi connectivity index (χ3n) is 10.7. The topological polar surface area (TPSA) is 96.1 Å². The number of nitrogens with zero attached hydrogens (tertiary/aromatic N) is 6. The summed E-state index contributed by atoms with van der Waals surface area (Å²) in [5, 5.41) is 10.7. The van der Waals surface area contributed by atoms with Crippen LogP contribution in [-0.2, 0) is 38.0 Å². The molecule has 1 saturated heterocycles. The van der Waals surface area contributed by atoms with Gasteiger partial charge in [0.25, 0.3) is 11.8 Å². The Bertz CT molecular complexity index is 2450. The summed E-state index contributed by atoms with van der Waals surface area (Å²) in [6, 6.07) is 20.9. The van der Waals surface area contributed by atoms with E-state index in [4.69, 9.17) is 4.74 Å². The molecule has 5 heterocycles. The van der Waals surface area contributed by atoms with Gasteiger partial charge in [0.2, 0.25) is 0 Å². The maximum atomic E-state index is 15.2. The van der Waals surface area contributed by atoms with E-state index in [-0.39, 0.29) is 46.5 Å². The second kappa shape index (κ2) is 14.6. The molecule has 0 aliphatic carbocycles. The number of ether oxygens (including phenoxy) is 1. The van der Waals surface area contributed by atoms with Crippen LogP contribution in [0.4, 0.5) is 28.9 Å². The highest BCUT2D eigenvalue weighted by molar-refractivity contribution is 6.13. The van der Waals surface area contributed by atoms with Crippen LogP contribution in [0.1, 0.15) is 37.5 Å². The number of phenolic OH excluding ortho intramolecular Hbond substituents is 1. The number of hydrogen-bond donors (Lipinski definition) is 1. The first-order valence-corrected chi connectivity index (χ1v) is 18.2. The summed E-state index contributed by atoms with van der Waals surface area (Å²) in [6.07, 6.45) is -1.33. The van der Waals surface area contributed by atoms with Crippen molar-refractivity contribution >= 4 is 34.2 Å². The fraction of sp³-hybridized carbons (Fsp3) is 0.262. The summed E-state index contributed by atoms with van der Waals surface area (Å²) in [5.41, 5.74) is 0.727. The molecule has 1 fully saturated rings. The number of aryl methyl sites for hydroxylation is 1. The highest BCUT2D eigenvalue weighted by Crippen LogP contribution is 2.41. The largest absolute Gasteiger partial charge is 0.508 e. The number of carbonyl (C=O) groups is 2. The van der Waals surface area contributed by atoms with Gasteiger partial charge in [0, 0.05) is 80.4 Å². The SMILES string of the molecule is Cn1c(-c2cc(F)ccc2C(=O)N2Cc3ccccc3C[C@H]2CN2CCOCC2)cc(C(=O)N(c2ccc(O)cc2)c2cnc3c(ccn3C)c2)c1C(F)(F)F. The van der Waals surface area contributed by atoms with Gasteiger partial charge in [0.1, 0.15) is 22.9 Å². The number of hydrogen-bond acceptors (Lipinski definition) is 6. The van der Waals surface area contributed by atoms with Gasteiger partial charge in [-0.15, -0.1) is 0 Å². The molecule has 1 atom stereocenters. The molecule has 3 aromatic heterocycles. The van der Waals surface area contributed by atoms with Gasteiger partial charge in [-0.2, -0.15) is 13.2 Å². The van der Waals surface area contributed by atoms with Gasteiger partial charge in [0.15, 0.2) is 0 Å². The van der Waals surface area contributed by atoms with E-state index in [0.717, 1.165) is 45.8 Å². The number of halogens is 4. The van der Waals surface area contributed by atoms with Gasteiger partial charge in [-0.05, 0) is 78.2 Å². The summed E-state index contributed by atoms with van der Waals surface area (Å²) >= 11 is 0. The maximum Gasteiger partial charge on any atom is 0.432 e. The zero-order valence-corrected chi connectivity index (χ0v) is 30.6. The number of pyridine rings is 1. The third kappa shape index (κ3) is 6.90. The minimum absolute atomic E-state index is 0.000187. The van der Waals surface area contributed by atoms with Crippen molar-refractivity contribution in [1.82, 2.24) is 23.9 Å². The van der Waals surface area contributed by atoms with E-state index in [9.17, 15) is 14.7 Å². The van der Waals surface area contributed by atoms with Crippen molar-refractivity contribution in [3.8, 4) is 17.0 Å². The quantitative estimate of drug-likeness (QED) is 0.171. The van der Waals surface area contributed by atoms with Crippen molar-refractivity contribution in [3.63, 3.8) is 0 Å². The predicted octanol–water partition coefficient (Wildman–Crippen LogP) is 7.32. The summed E-state index contributed by atoms with van der Waals surface area (Å²) in [6.45, 7) is 3.33. The van der Waals surface area contributed by atoms with Crippen LogP contribution in [0.5, 0.6) is 5.75 Å². The molecule has 288 valence electrons. The molecule has 2 aliphatic heterocycles. The van der Waals surface area contributed by atoms with E-state index in [0.29, 0.717) is 50.3 Å². The smallest absolute Gasteiger partial charge is 0.432 e. The standard InChI is InChI=1S/C42H38F4N6O4/c1-48-14-13-27-20-31(23-47-39(27)48)52(30-8-10-33(53)11-9-30)41(55)36-22-37(49(2)38(36)42(44,45)46)35-21-29(43)7-12-34(35)40(54)51-24-28-6-4-3-5-26(28)19-32(51)25-50-15-17-56-18-16-50/h3-14,20-23,32,53H,15-19,24-25H2,1-2H3/t32-/m0/s1. The van der Waals surface area contributed by atoms with E-state index < -0.39 is 35.1 Å². The Kier molecular flexibility index (Phi) is 9.63. The van der Waals surface area contributed by atoms with E-state index in [1.165, 1.54) is 36.5 Å². The third-order valence-corrected chi connectivity index (χ3v) is 10.7. The number of alkyl halides is 3. The number of benzene rings is 3. The first-order valence-electron chi connectivity index (χ1n) is 18.2. The number of amides is 2. The van der Waals surface area contributed by atoms with Gasteiger partial charge >= 0.3 is 6.18 Å². The lowest BCUT2D eigenvalue weighted by Crippen LogP contribution is -2.52. The zero-order chi connectivity index (χ0) is 39.3. The van der Waals surface area contributed by atoms with Crippen molar-refractivity contribution in [2.24, 2.45) is 14.1 Å². The second-order valence-electron chi connectivity index (χ2n) is 14.2. The molecule has 1 N–H and O–H groups in total. The Hall–Kier alpha value is -5.99. The summed E-state index contributed by atoms with van der Waals surface area (Å²) in [7, 11) is 2.94. The van der Waals surface area contributed by atoms with E-state index >= 15 is 17.6 Å². The fourth-order valence-corrected chi connectivity index (χ4v) is 7.88. The van der Waals surface area contributed by atoms with Crippen LogP contribution in [0.25, 0.3) is 22.3 Å². The Labute approximate surface area is 319 Å². The van der Waals surface area contributed by atoms with Crippen LogP contribution in [0.15, 0.2) is 97.3 Å². The van der Waals surface area contributed by atoms with E-state index in [1.807, 2.05) is 24.3 Å². The molecular weight excluding hydrogens is 728 g/mol. The summed E-state index contributed by atoms with van der Waals surface area (Å²) in [5.74, 6) is -2.39. The van der Waals surface area contributed by atoms with Gasteiger partial charge < -0.3 is 23.9 Å². The number of anilines is 2. The Morgan fingerprint density at radius 1 is 0.911 bits per heavy atom. The lowest BCUT2D eigenvalue weighted by molar-refractivity contribution is -0.143. The van der Waals surface area contributed by atoms with Crippen LogP contribution in [0.3, 0.4) is 0 Å². The van der Waals surface area contributed by atoms with Crippen LogP contribution in [0, 0.1) is 5.82 Å². The predicted molar refractivity (Wildman–Crippen MR) is 202 cm³/mol. The number of morpholine rings is 1. The number of rotatable bonds is 7. The molecule has 14 heteroatoms. The molecule has 6 aromatic rings. The normalized spacial score (nSPS) is 16.2. The molecule has 0 bridgehead atoms.